The standard InChI is InChI=1S/C24H29N14O3PS4/c25-17(1-7-35(13-19-29-5-11-43-19)23-31-21(33-45-23)37-9-3-27-15-37)40-42(39)41-18(26)2-8-36(14-20-30-6-12-44-20)24-32-22(34-46-24)38-10-4-28-16-38/h3-6,9-12,15-18,42H,1-2,7-8,13-14,25-26H2. The second kappa shape index (κ2) is 15.8. The summed E-state index contributed by atoms with van der Waals surface area (Å²) in [6.45, 7) is 1.93. The van der Waals surface area contributed by atoms with Gasteiger partial charge in [0, 0.05) is 96.9 Å². The highest BCUT2D eigenvalue weighted by Gasteiger charge is 2.21. The van der Waals surface area contributed by atoms with Crippen molar-refractivity contribution in [1.82, 2.24) is 47.8 Å². The van der Waals surface area contributed by atoms with E-state index in [-0.39, 0.29) is 0 Å². The smallest absolute Gasteiger partial charge is 0.322 e. The summed E-state index contributed by atoms with van der Waals surface area (Å²) in [4.78, 5) is 30.2. The van der Waals surface area contributed by atoms with E-state index >= 15 is 0 Å². The Morgan fingerprint density at radius 1 is 0.761 bits per heavy atom. The van der Waals surface area contributed by atoms with Crippen molar-refractivity contribution >= 4 is 64.3 Å². The number of hydrogen-bond acceptors (Lipinski definition) is 19. The maximum atomic E-state index is 12.8. The molecule has 0 aromatic carbocycles. The van der Waals surface area contributed by atoms with E-state index in [1.807, 2.05) is 20.6 Å². The lowest BCUT2D eigenvalue weighted by Gasteiger charge is -2.23. The van der Waals surface area contributed by atoms with Crippen LogP contribution in [0.3, 0.4) is 0 Å². The molecule has 242 valence electrons. The molecule has 6 heterocycles. The summed E-state index contributed by atoms with van der Waals surface area (Å²) in [5.41, 5.74) is 12.4. The van der Waals surface area contributed by atoms with Crippen LogP contribution in [0.1, 0.15) is 22.9 Å². The third-order valence-electron chi connectivity index (χ3n) is 6.30. The zero-order valence-corrected chi connectivity index (χ0v) is 28.3. The Bertz CT molecular complexity index is 1620. The number of hydrogen-bond donors (Lipinski definition) is 2. The van der Waals surface area contributed by atoms with E-state index < -0.39 is 20.7 Å². The Morgan fingerprint density at radius 2 is 1.24 bits per heavy atom. The first-order chi connectivity index (χ1) is 22.5. The summed E-state index contributed by atoms with van der Waals surface area (Å²) in [7, 11) is -2.99. The number of anilines is 2. The average Bonchev–Trinajstić information content (AvgIpc) is 3.90. The maximum Gasteiger partial charge on any atom is 0.322 e. The average molecular weight is 721 g/mol. The van der Waals surface area contributed by atoms with Crippen LogP contribution in [0.5, 0.6) is 0 Å². The van der Waals surface area contributed by atoms with Crippen LogP contribution < -0.4 is 21.3 Å². The van der Waals surface area contributed by atoms with Crippen molar-refractivity contribution < 1.29 is 13.6 Å². The molecule has 0 bridgehead atoms. The molecule has 0 spiro atoms. The molecule has 0 aliphatic heterocycles. The molecule has 2 unspecified atom stereocenters. The first kappa shape index (κ1) is 32.4. The van der Waals surface area contributed by atoms with E-state index in [1.165, 1.54) is 45.7 Å². The fourth-order valence-electron chi connectivity index (χ4n) is 4.07. The summed E-state index contributed by atoms with van der Waals surface area (Å²) in [6.07, 6.45) is 12.6. The number of nitrogens with two attached hydrogens (primary N) is 2. The molecule has 0 amide bonds. The van der Waals surface area contributed by atoms with Crippen LogP contribution in [0.15, 0.2) is 60.6 Å². The van der Waals surface area contributed by atoms with Crippen molar-refractivity contribution in [2.24, 2.45) is 11.5 Å². The molecule has 17 nitrogen and oxygen atoms in total. The maximum absolute atomic E-state index is 12.8. The highest BCUT2D eigenvalue weighted by molar-refractivity contribution is 7.33. The Morgan fingerprint density at radius 3 is 1.63 bits per heavy atom. The normalized spacial score (nSPS) is 13.5. The molecular weight excluding hydrogens is 692 g/mol. The molecule has 0 aliphatic rings. The van der Waals surface area contributed by atoms with Gasteiger partial charge in [-0.25, -0.2) is 19.9 Å². The van der Waals surface area contributed by atoms with Crippen molar-refractivity contribution in [2.75, 3.05) is 22.9 Å². The predicted octanol–water partition coefficient (Wildman–Crippen LogP) is 3.16. The summed E-state index contributed by atoms with van der Waals surface area (Å²) in [5.74, 6) is 1.04. The van der Waals surface area contributed by atoms with E-state index in [0.29, 0.717) is 61.2 Å². The van der Waals surface area contributed by atoms with Gasteiger partial charge in [0.2, 0.25) is 22.2 Å². The Hall–Kier alpha value is -3.53. The molecule has 6 aromatic heterocycles. The number of nitrogens with zero attached hydrogens (tertiary/aromatic N) is 12. The van der Waals surface area contributed by atoms with Gasteiger partial charge in [0.1, 0.15) is 35.1 Å². The van der Waals surface area contributed by atoms with E-state index in [9.17, 15) is 4.57 Å². The molecule has 6 rings (SSSR count). The molecule has 0 saturated carbocycles. The summed E-state index contributed by atoms with van der Waals surface area (Å²) >= 11 is 5.59. The Balaban J connectivity index is 1.00. The van der Waals surface area contributed by atoms with Crippen LogP contribution in [0.2, 0.25) is 0 Å². The second-order valence-corrected chi connectivity index (χ2v) is 13.9. The fraction of sp³-hybridized carbons (Fsp3) is 0.333. The van der Waals surface area contributed by atoms with Gasteiger partial charge in [0.25, 0.3) is 0 Å². The van der Waals surface area contributed by atoms with Crippen LogP contribution in [-0.2, 0) is 26.7 Å². The molecule has 0 fully saturated rings. The third-order valence-corrected chi connectivity index (χ3v) is 10.4. The summed E-state index contributed by atoms with van der Waals surface area (Å²) < 4.78 is 36.1. The van der Waals surface area contributed by atoms with Gasteiger partial charge in [-0.3, -0.25) is 22.7 Å². The number of imidazole rings is 2. The van der Waals surface area contributed by atoms with E-state index in [4.69, 9.17) is 20.5 Å². The molecule has 46 heavy (non-hydrogen) atoms. The van der Waals surface area contributed by atoms with Gasteiger partial charge in [0.15, 0.2) is 0 Å². The zero-order valence-electron chi connectivity index (χ0n) is 24.0. The van der Waals surface area contributed by atoms with E-state index in [2.05, 4.69) is 38.7 Å². The first-order valence-electron chi connectivity index (χ1n) is 13.8. The minimum absolute atomic E-state index is 0.345. The zero-order chi connectivity index (χ0) is 31.7. The lowest BCUT2D eigenvalue weighted by atomic mass is 10.3. The second-order valence-electron chi connectivity index (χ2n) is 9.53. The van der Waals surface area contributed by atoms with Crippen molar-refractivity contribution in [3.05, 3.63) is 70.6 Å². The van der Waals surface area contributed by atoms with Crippen LogP contribution >= 0.6 is 54.0 Å². The molecule has 0 aliphatic carbocycles. The third kappa shape index (κ3) is 8.84. The molecule has 2 atom stereocenters. The highest BCUT2D eigenvalue weighted by atomic mass is 32.1. The van der Waals surface area contributed by atoms with Crippen LogP contribution in [0.4, 0.5) is 10.3 Å². The van der Waals surface area contributed by atoms with Gasteiger partial charge < -0.3 is 21.3 Å². The Labute approximate surface area is 279 Å². The van der Waals surface area contributed by atoms with Crippen molar-refractivity contribution in [3.63, 3.8) is 0 Å². The largest absolute Gasteiger partial charge is 0.340 e. The molecular formula is C24H29N14O3PS4. The van der Waals surface area contributed by atoms with E-state index in [0.717, 1.165) is 10.0 Å². The summed E-state index contributed by atoms with van der Waals surface area (Å²) in [6, 6.07) is 0. The van der Waals surface area contributed by atoms with Crippen LogP contribution in [-0.4, -0.2) is 73.3 Å². The lowest BCUT2D eigenvalue weighted by molar-refractivity contribution is 0.127. The molecule has 0 radical (unpaired) electrons. The van der Waals surface area contributed by atoms with Gasteiger partial charge >= 0.3 is 8.25 Å². The van der Waals surface area contributed by atoms with Gasteiger partial charge in [-0.15, -0.1) is 22.7 Å². The van der Waals surface area contributed by atoms with E-state index in [1.54, 1.807) is 59.0 Å². The predicted molar refractivity (Wildman–Crippen MR) is 177 cm³/mol. The minimum atomic E-state index is -2.99. The monoisotopic (exact) mass is 720 g/mol. The molecule has 4 N–H and O–H groups in total. The van der Waals surface area contributed by atoms with Gasteiger partial charge in [-0.1, -0.05) is 0 Å². The van der Waals surface area contributed by atoms with Crippen molar-refractivity contribution in [2.45, 2.75) is 38.4 Å². The van der Waals surface area contributed by atoms with Gasteiger partial charge in [-0.05, 0) is 0 Å². The molecule has 22 heteroatoms. The first-order valence-corrected chi connectivity index (χ1v) is 18.3. The van der Waals surface area contributed by atoms with Gasteiger partial charge in [-0.2, -0.15) is 18.7 Å². The van der Waals surface area contributed by atoms with Gasteiger partial charge in [0.05, 0.1) is 13.1 Å². The van der Waals surface area contributed by atoms with Crippen molar-refractivity contribution in [1.29, 1.82) is 0 Å². The highest BCUT2D eigenvalue weighted by Crippen LogP contribution is 2.29. The number of rotatable bonds is 18. The quantitative estimate of drug-likeness (QED) is 0.0966. The summed E-state index contributed by atoms with van der Waals surface area (Å²) in [5, 5.41) is 7.02. The Kier molecular flexibility index (Phi) is 11.2. The lowest BCUT2D eigenvalue weighted by Crippen LogP contribution is -2.32. The van der Waals surface area contributed by atoms with Crippen LogP contribution in [0, 0.1) is 0 Å². The minimum Gasteiger partial charge on any atom is -0.340 e. The van der Waals surface area contributed by atoms with Crippen LogP contribution in [0.25, 0.3) is 11.9 Å². The fourth-order valence-corrected chi connectivity index (χ4v) is 7.50. The number of thiazole rings is 2. The molecule has 0 saturated heterocycles. The number of aromatic nitrogens is 10. The SMILES string of the molecule is NC(CCN(Cc1nccs1)c1nc(-n2ccnc2)ns1)O[PH](=O)OC(N)CCN(Cc1nccs1)c1nc(-n2ccnc2)ns1. The topological polar surface area (TPSA) is 207 Å². The van der Waals surface area contributed by atoms with Crippen molar-refractivity contribution in [3.8, 4) is 11.9 Å². The molecule has 6 aromatic rings.